The summed E-state index contributed by atoms with van der Waals surface area (Å²) in [6.45, 7) is 1.14. The first-order valence-corrected chi connectivity index (χ1v) is 11.2. The van der Waals surface area contributed by atoms with Crippen molar-refractivity contribution in [1.29, 1.82) is 0 Å². The highest BCUT2D eigenvalue weighted by Crippen LogP contribution is 2.36. The molecule has 1 aliphatic heterocycles. The number of anilines is 2. The molecular formula is C21H25N5O4S. The quantitative estimate of drug-likeness (QED) is 0.384. The predicted molar refractivity (Wildman–Crippen MR) is 118 cm³/mol. The monoisotopic (exact) mass is 443 g/mol. The Hall–Kier alpha value is -2.37. The van der Waals surface area contributed by atoms with Gasteiger partial charge in [-0.05, 0) is 25.0 Å². The second-order valence-electron chi connectivity index (χ2n) is 8.06. The van der Waals surface area contributed by atoms with E-state index in [1.165, 1.54) is 0 Å². The molecule has 0 radical (unpaired) electrons. The minimum absolute atomic E-state index is 0.152. The number of fused-ring (bicyclic) bond motifs is 1. The standard InChI is InChI=1S/C21H25N5O4S/c27-9-11-7-15(18(29)17(11)28)24-19-13(20-25-14-3-1-2-4-16(14)31-20)8-22-21(26-19)23-12-5-6-30-10-12/h1-4,8,11-12,15,17-18,27-29H,5-7,9-10H2,(H2,22,23,24,26)/t11-,12+,15-,17-,18+/m1/s1. The number of rotatable bonds is 6. The summed E-state index contributed by atoms with van der Waals surface area (Å²) in [5.41, 5.74) is 1.62. The Morgan fingerprint density at radius 1 is 1.13 bits per heavy atom. The molecule has 1 saturated heterocycles. The molecular weight excluding hydrogens is 418 g/mol. The third kappa shape index (κ3) is 4.09. The van der Waals surface area contributed by atoms with Crippen LogP contribution in [0.5, 0.6) is 0 Å². The third-order valence-corrected chi connectivity index (χ3v) is 7.00. The summed E-state index contributed by atoms with van der Waals surface area (Å²) in [6, 6.07) is 7.61. The van der Waals surface area contributed by atoms with Crippen molar-refractivity contribution in [2.24, 2.45) is 5.92 Å². The van der Waals surface area contributed by atoms with Crippen LogP contribution in [0, 0.1) is 5.92 Å². The van der Waals surface area contributed by atoms with Gasteiger partial charge in [0.25, 0.3) is 0 Å². The molecule has 5 N–H and O–H groups in total. The first kappa shape index (κ1) is 20.5. The fourth-order valence-electron chi connectivity index (χ4n) is 4.16. The summed E-state index contributed by atoms with van der Waals surface area (Å²) < 4.78 is 6.48. The Morgan fingerprint density at radius 2 is 2.00 bits per heavy atom. The van der Waals surface area contributed by atoms with Crippen LogP contribution in [0.25, 0.3) is 20.8 Å². The molecule has 31 heavy (non-hydrogen) atoms. The fourth-order valence-corrected chi connectivity index (χ4v) is 5.14. The number of aliphatic hydroxyl groups is 3. The molecule has 0 unspecified atom stereocenters. The lowest BCUT2D eigenvalue weighted by atomic mass is 10.1. The van der Waals surface area contributed by atoms with Crippen LogP contribution < -0.4 is 10.6 Å². The summed E-state index contributed by atoms with van der Waals surface area (Å²) >= 11 is 1.54. The van der Waals surface area contributed by atoms with Gasteiger partial charge in [0, 0.05) is 25.3 Å². The molecule has 2 fully saturated rings. The van der Waals surface area contributed by atoms with Crippen molar-refractivity contribution < 1.29 is 20.1 Å². The highest BCUT2D eigenvalue weighted by molar-refractivity contribution is 7.21. The number of nitrogens with zero attached hydrogens (tertiary/aromatic N) is 3. The minimum Gasteiger partial charge on any atom is -0.396 e. The average molecular weight is 444 g/mol. The molecule has 2 aliphatic rings. The van der Waals surface area contributed by atoms with Gasteiger partial charge in [-0.25, -0.2) is 9.97 Å². The van der Waals surface area contributed by atoms with Gasteiger partial charge in [0.1, 0.15) is 16.9 Å². The molecule has 0 amide bonds. The van der Waals surface area contributed by atoms with Crippen molar-refractivity contribution >= 4 is 33.3 Å². The Bertz CT molecular complexity index is 1020. The van der Waals surface area contributed by atoms with Gasteiger partial charge in [-0.3, -0.25) is 0 Å². The minimum atomic E-state index is -1.00. The van der Waals surface area contributed by atoms with Crippen molar-refractivity contribution in [2.75, 3.05) is 30.5 Å². The summed E-state index contributed by atoms with van der Waals surface area (Å²) in [6.07, 6.45) is 1.06. The van der Waals surface area contributed by atoms with E-state index in [0.29, 0.717) is 31.4 Å². The van der Waals surface area contributed by atoms with Crippen LogP contribution in [0.2, 0.25) is 0 Å². The predicted octanol–water partition coefficient (Wildman–Crippen LogP) is 1.47. The van der Waals surface area contributed by atoms with E-state index in [2.05, 4.69) is 20.6 Å². The van der Waals surface area contributed by atoms with Gasteiger partial charge in [-0.2, -0.15) is 4.98 Å². The third-order valence-electron chi connectivity index (χ3n) is 5.93. The highest BCUT2D eigenvalue weighted by atomic mass is 32.1. The number of hydrogen-bond donors (Lipinski definition) is 5. The molecule has 5 atom stereocenters. The van der Waals surface area contributed by atoms with Crippen molar-refractivity contribution in [3.05, 3.63) is 30.5 Å². The van der Waals surface area contributed by atoms with Crippen molar-refractivity contribution in [3.63, 3.8) is 0 Å². The number of nitrogens with one attached hydrogen (secondary N) is 2. The fraction of sp³-hybridized carbons (Fsp3) is 0.476. The van der Waals surface area contributed by atoms with Gasteiger partial charge in [0.05, 0.1) is 40.6 Å². The van der Waals surface area contributed by atoms with Gasteiger partial charge >= 0.3 is 0 Å². The second-order valence-corrected chi connectivity index (χ2v) is 9.09. The zero-order chi connectivity index (χ0) is 21.4. The molecule has 3 heterocycles. The Morgan fingerprint density at radius 3 is 2.74 bits per heavy atom. The second kappa shape index (κ2) is 8.64. The Balaban J connectivity index is 1.49. The lowest BCUT2D eigenvalue weighted by Crippen LogP contribution is -2.35. The molecule has 164 valence electrons. The van der Waals surface area contributed by atoms with Crippen LogP contribution in [0.1, 0.15) is 12.8 Å². The molecule has 9 nitrogen and oxygen atoms in total. The van der Waals surface area contributed by atoms with Gasteiger partial charge in [0.2, 0.25) is 5.95 Å². The van der Waals surface area contributed by atoms with E-state index < -0.39 is 18.2 Å². The largest absolute Gasteiger partial charge is 0.396 e. The number of thiazole rings is 1. The molecule has 1 saturated carbocycles. The van der Waals surface area contributed by atoms with Crippen LogP contribution >= 0.6 is 11.3 Å². The van der Waals surface area contributed by atoms with E-state index in [9.17, 15) is 15.3 Å². The molecule has 3 aromatic rings. The summed E-state index contributed by atoms with van der Waals surface area (Å²) in [5.74, 6) is 0.619. The van der Waals surface area contributed by atoms with E-state index >= 15 is 0 Å². The Labute approximate surface area is 183 Å². The van der Waals surface area contributed by atoms with E-state index in [1.807, 2.05) is 24.3 Å². The first-order chi connectivity index (χ1) is 15.1. The van der Waals surface area contributed by atoms with Gasteiger partial charge in [-0.15, -0.1) is 11.3 Å². The normalized spacial score (nSPS) is 28.3. The lowest BCUT2D eigenvalue weighted by molar-refractivity contribution is 0.00446. The zero-order valence-corrected chi connectivity index (χ0v) is 17.6. The number of ether oxygens (including phenoxy) is 1. The summed E-state index contributed by atoms with van der Waals surface area (Å²) in [4.78, 5) is 13.9. The molecule has 5 rings (SSSR count). The van der Waals surface area contributed by atoms with Gasteiger partial charge in [-0.1, -0.05) is 12.1 Å². The molecule has 0 spiro atoms. The van der Waals surface area contributed by atoms with Crippen molar-refractivity contribution in [1.82, 2.24) is 15.0 Å². The SMILES string of the molecule is OC[C@H]1C[C@@H](Nc2nc(N[C@H]3CCOC3)ncc2-c2nc3ccccc3s2)[C@H](O)[C@@H]1O. The van der Waals surface area contributed by atoms with Crippen molar-refractivity contribution in [2.45, 2.75) is 37.1 Å². The van der Waals surface area contributed by atoms with Crippen LogP contribution in [0.15, 0.2) is 30.5 Å². The molecule has 0 bridgehead atoms. The number of hydrogen-bond acceptors (Lipinski definition) is 10. The van der Waals surface area contributed by atoms with Crippen LogP contribution in [-0.2, 0) is 4.74 Å². The molecule has 1 aromatic carbocycles. The maximum Gasteiger partial charge on any atom is 0.224 e. The molecule has 10 heteroatoms. The first-order valence-electron chi connectivity index (χ1n) is 10.4. The number of benzene rings is 1. The average Bonchev–Trinajstić information content (AvgIpc) is 3.50. The zero-order valence-electron chi connectivity index (χ0n) is 16.8. The molecule has 1 aliphatic carbocycles. The smallest absolute Gasteiger partial charge is 0.224 e. The lowest BCUT2D eigenvalue weighted by Gasteiger charge is -2.20. The van der Waals surface area contributed by atoms with Gasteiger partial charge in [0.15, 0.2) is 0 Å². The molecule has 2 aromatic heterocycles. The highest BCUT2D eigenvalue weighted by Gasteiger charge is 2.41. The van der Waals surface area contributed by atoms with Gasteiger partial charge < -0.3 is 30.7 Å². The maximum absolute atomic E-state index is 10.5. The van der Waals surface area contributed by atoms with E-state index in [1.54, 1.807) is 17.5 Å². The number of aromatic nitrogens is 3. The van der Waals surface area contributed by atoms with E-state index in [-0.39, 0.29) is 18.6 Å². The van der Waals surface area contributed by atoms with Crippen LogP contribution in [-0.4, -0.2) is 74.4 Å². The van der Waals surface area contributed by atoms with Crippen LogP contribution in [0.4, 0.5) is 11.8 Å². The van der Waals surface area contributed by atoms with E-state index in [0.717, 1.165) is 27.2 Å². The summed E-state index contributed by atoms with van der Waals surface area (Å²) in [7, 11) is 0. The summed E-state index contributed by atoms with van der Waals surface area (Å²) in [5, 5.41) is 37.5. The maximum atomic E-state index is 10.5. The van der Waals surface area contributed by atoms with Crippen molar-refractivity contribution in [3.8, 4) is 10.6 Å². The van der Waals surface area contributed by atoms with Crippen LogP contribution in [0.3, 0.4) is 0 Å². The number of para-hydroxylation sites is 1. The Kier molecular flexibility index (Phi) is 5.72. The van der Waals surface area contributed by atoms with E-state index in [4.69, 9.17) is 9.72 Å². The number of aliphatic hydroxyl groups excluding tert-OH is 3. The topological polar surface area (TPSA) is 133 Å².